The third-order valence-electron chi connectivity index (χ3n) is 4.67. The lowest BCUT2D eigenvalue weighted by molar-refractivity contribution is -0.129. The molecule has 0 atom stereocenters. The van der Waals surface area contributed by atoms with E-state index in [1.54, 1.807) is 11.9 Å². The van der Waals surface area contributed by atoms with Crippen LogP contribution in [0.25, 0.3) is 5.69 Å². The van der Waals surface area contributed by atoms with E-state index in [2.05, 4.69) is 10.3 Å². The van der Waals surface area contributed by atoms with Gasteiger partial charge in [0.15, 0.2) is 0 Å². The fourth-order valence-corrected chi connectivity index (χ4v) is 3.18. The largest absolute Gasteiger partial charge is 0.361 e. The molecule has 0 aliphatic heterocycles. The van der Waals surface area contributed by atoms with Gasteiger partial charge in [-0.15, -0.1) is 0 Å². The van der Waals surface area contributed by atoms with Crippen molar-refractivity contribution in [1.82, 2.24) is 19.8 Å². The number of halogens is 1. The Kier molecular flexibility index (Phi) is 5.37. The zero-order chi connectivity index (χ0) is 19.7. The van der Waals surface area contributed by atoms with E-state index in [-0.39, 0.29) is 12.3 Å². The first-order chi connectivity index (χ1) is 12.8. The SMILES string of the molecule is Cc1cc(CN(C)C(=O)Cc2c(C)nn(-c3ccc(C)c(Cl)c3)c2C)no1. The van der Waals surface area contributed by atoms with E-state index < -0.39 is 0 Å². The molecule has 0 radical (unpaired) electrons. The minimum Gasteiger partial charge on any atom is -0.361 e. The highest BCUT2D eigenvalue weighted by Gasteiger charge is 2.19. The van der Waals surface area contributed by atoms with Gasteiger partial charge in [0.25, 0.3) is 0 Å². The summed E-state index contributed by atoms with van der Waals surface area (Å²) in [5.41, 5.74) is 5.34. The van der Waals surface area contributed by atoms with Crippen molar-refractivity contribution in [2.45, 2.75) is 40.7 Å². The molecule has 0 unspecified atom stereocenters. The van der Waals surface area contributed by atoms with Gasteiger partial charge in [-0.2, -0.15) is 5.10 Å². The van der Waals surface area contributed by atoms with Crippen LogP contribution in [0.3, 0.4) is 0 Å². The molecule has 27 heavy (non-hydrogen) atoms. The highest BCUT2D eigenvalue weighted by Crippen LogP contribution is 2.23. The second-order valence-electron chi connectivity index (χ2n) is 6.85. The van der Waals surface area contributed by atoms with Crippen LogP contribution in [0.5, 0.6) is 0 Å². The molecule has 0 aliphatic carbocycles. The van der Waals surface area contributed by atoms with Crippen molar-refractivity contribution in [3.63, 3.8) is 0 Å². The van der Waals surface area contributed by atoms with Crippen molar-refractivity contribution >= 4 is 17.5 Å². The molecule has 0 spiro atoms. The van der Waals surface area contributed by atoms with Gasteiger partial charge >= 0.3 is 0 Å². The number of carbonyl (C=O) groups is 1. The van der Waals surface area contributed by atoms with Gasteiger partial charge in [0.1, 0.15) is 11.5 Å². The molecule has 0 saturated carbocycles. The number of aryl methyl sites for hydroxylation is 3. The van der Waals surface area contributed by atoms with Gasteiger partial charge in [-0.3, -0.25) is 4.79 Å². The van der Waals surface area contributed by atoms with Crippen molar-refractivity contribution < 1.29 is 9.32 Å². The van der Waals surface area contributed by atoms with Crippen LogP contribution in [0.2, 0.25) is 5.02 Å². The number of nitrogens with zero attached hydrogens (tertiary/aromatic N) is 4. The van der Waals surface area contributed by atoms with E-state index in [0.29, 0.717) is 11.6 Å². The maximum absolute atomic E-state index is 12.7. The third kappa shape index (κ3) is 4.06. The zero-order valence-electron chi connectivity index (χ0n) is 16.2. The van der Waals surface area contributed by atoms with Gasteiger partial charge < -0.3 is 9.42 Å². The topological polar surface area (TPSA) is 64.2 Å². The molecule has 142 valence electrons. The Bertz CT molecular complexity index is 990. The second-order valence-corrected chi connectivity index (χ2v) is 7.26. The van der Waals surface area contributed by atoms with Crippen molar-refractivity contribution in [2.24, 2.45) is 0 Å². The summed E-state index contributed by atoms with van der Waals surface area (Å²) in [5, 5.41) is 9.25. The number of aromatic nitrogens is 3. The number of rotatable bonds is 5. The van der Waals surface area contributed by atoms with Crippen molar-refractivity contribution in [2.75, 3.05) is 7.05 Å². The van der Waals surface area contributed by atoms with Crippen LogP contribution in [0.4, 0.5) is 0 Å². The first-order valence-corrected chi connectivity index (χ1v) is 9.12. The van der Waals surface area contributed by atoms with Gasteiger partial charge in [0.2, 0.25) is 5.91 Å². The molecule has 0 N–H and O–H groups in total. The third-order valence-corrected chi connectivity index (χ3v) is 5.08. The number of hydrogen-bond donors (Lipinski definition) is 0. The lowest BCUT2D eigenvalue weighted by Crippen LogP contribution is -2.28. The molecular weight excluding hydrogens is 364 g/mol. The molecule has 1 aromatic carbocycles. The van der Waals surface area contributed by atoms with Gasteiger partial charge in [0, 0.05) is 29.4 Å². The molecule has 0 aliphatic rings. The zero-order valence-corrected chi connectivity index (χ0v) is 17.0. The van der Waals surface area contributed by atoms with E-state index in [0.717, 1.165) is 39.7 Å². The van der Waals surface area contributed by atoms with Gasteiger partial charge in [-0.25, -0.2) is 4.68 Å². The maximum atomic E-state index is 12.7. The van der Waals surface area contributed by atoms with E-state index in [1.165, 1.54) is 0 Å². The monoisotopic (exact) mass is 386 g/mol. The fraction of sp³-hybridized carbons (Fsp3) is 0.350. The molecule has 6 nitrogen and oxygen atoms in total. The Morgan fingerprint density at radius 2 is 1.96 bits per heavy atom. The van der Waals surface area contributed by atoms with E-state index in [4.69, 9.17) is 16.1 Å². The standard InChI is InChI=1S/C20H23ClN4O2/c1-12-6-7-17(9-19(12)21)25-15(4)18(14(3)22-25)10-20(26)24(5)11-16-8-13(2)27-23-16/h6-9H,10-11H2,1-5H3. The molecular formula is C20H23ClN4O2. The Hall–Kier alpha value is -2.60. The van der Waals surface area contributed by atoms with Crippen LogP contribution in [0.15, 0.2) is 28.8 Å². The molecule has 3 aromatic rings. The predicted octanol–water partition coefficient (Wildman–Crippen LogP) is 3.95. The van der Waals surface area contributed by atoms with Gasteiger partial charge in [0.05, 0.1) is 24.3 Å². The molecule has 0 fully saturated rings. The smallest absolute Gasteiger partial charge is 0.227 e. The quantitative estimate of drug-likeness (QED) is 0.666. The summed E-state index contributed by atoms with van der Waals surface area (Å²) in [7, 11) is 1.77. The lowest BCUT2D eigenvalue weighted by atomic mass is 10.1. The molecule has 2 aromatic heterocycles. The van der Waals surface area contributed by atoms with E-state index in [1.807, 2.05) is 56.6 Å². The summed E-state index contributed by atoms with van der Waals surface area (Å²) in [6.07, 6.45) is 0.282. The van der Waals surface area contributed by atoms with Crippen LogP contribution < -0.4 is 0 Å². The summed E-state index contributed by atoms with van der Waals surface area (Å²) in [5.74, 6) is 0.735. The van der Waals surface area contributed by atoms with Crippen LogP contribution in [-0.2, 0) is 17.8 Å². The fourth-order valence-electron chi connectivity index (χ4n) is 3.01. The molecule has 7 heteroatoms. The molecule has 2 heterocycles. The summed E-state index contributed by atoms with van der Waals surface area (Å²) in [6, 6.07) is 7.66. The van der Waals surface area contributed by atoms with Gasteiger partial charge in [-0.1, -0.05) is 22.8 Å². The van der Waals surface area contributed by atoms with Crippen molar-refractivity contribution in [3.05, 3.63) is 63.3 Å². The van der Waals surface area contributed by atoms with Crippen molar-refractivity contribution in [1.29, 1.82) is 0 Å². The maximum Gasteiger partial charge on any atom is 0.227 e. The summed E-state index contributed by atoms with van der Waals surface area (Å²) < 4.78 is 6.90. The number of likely N-dealkylation sites (N-methyl/N-ethyl adjacent to an activating group) is 1. The normalized spacial score (nSPS) is 11.0. The average Bonchev–Trinajstić information content (AvgIpc) is 3.14. The van der Waals surface area contributed by atoms with Crippen LogP contribution in [0.1, 0.15) is 34.0 Å². The molecule has 1 amide bonds. The predicted molar refractivity (Wildman–Crippen MR) is 104 cm³/mol. The molecule has 0 bridgehead atoms. The minimum absolute atomic E-state index is 0.00309. The molecule has 3 rings (SSSR count). The summed E-state index contributed by atoms with van der Waals surface area (Å²) >= 11 is 6.25. The number of amides is 1. The van der Waals surface area contributed by atoms with Crippen LogP contribution >= 0.6 is 11.6 Å². The summed E-state index contributed by atoms with van der Waals surface area (Å²) in [4.78, 5) is 14.3. The Labute approximate surface area is 163 Å². The highest BCUT2D eigenvalue weighted by atomic mass is 35.5. The van der Waals surface area contributed by atoms with Gasteiger partial charge in [-0.05, 0) is 45.4 Å². The Balaban J connectivity index is 1.79. The van der Waals surface area contributed by atoms with E-state index in [9.17, 15) is 4.79 Å². The average molecular weight is 387 g/mol. The Morgan fingerprint density at radius 3 is 2.59 bits per heavy atom. The lowest BCUT2D eigenvalue weighted by Gasteiger charge is -2.15. The summed E-state index contributed by atoms with van der Waals surface area (Å²) in [6.45, 7) is 8.09. The number of hydrogen-bond acceptors (Lipinski definition) is 4. The van der Waals surface area contributed by atoms with E-state index >= 15 is 0 Å². The van der Waals surface area contributed by atoms with Crippen LogP contribution in [0, 0.1) is 27.7 Å². The highest BCUT2D eigenvalue weighted by molar-refractivity contribution is 6.31. The molecule has 0 saturated heterocycles. The van der Waals surface area contributed by atoms with Crippen LogP contribution in [-0.4, -0.2) is 32.8 Å². The Morgan fingerprint density at radius 1 is 1.22 bits per heavy atom. The first kappa shape index (κ1) is 19.2. The number of benzene rings is 1. The first-order valence-electron chi connectivity index (χ1n) is 8.74. The number of carbonyl (C=O) groups excluding carboxylic acids is 1. The second kappa shape index (κ2) is 7.56. The van der Waals surface area contributed by atoms with Crippen molar-refractivity contribution in [3.8, 4) is 5.69 Å². The minimum atomic E-state index is 0.00309.